The third-order valence-electron chi connectivity index (χ3n) is 3.89. The van der Waals surface area contributed by atoms with Gasteiger partial charge in [0.1, 0.15) is 24.8 Å². The van der Waals surface area contributed by atoms with Gasteiger partial charge in [-0.1, -0.05) is 11.8 Å². The highest BCUT2D eigenvalue weighted by atomic mass is 35.5. The second-order valence-corrected chi connectivity index (χ2v) is 6.73. The maximum Gasteiger partial charge on any atom is 0.189 e. The fraction of sp³-hybridized carbons (Fsp3) is 0.278. The van der Waals surface area contributed by atoms with Crippen LogP contribution in [0.25, 0.3) is 0 Å². The lowest BCUT2D eigenvalue weighted by atomic mass is 10.1. The highest BCUT2D eigenvalue weighted by Crippen LogP contribution is 2.35. The predicted molar refractivity (Wildman–Crippen MR) is 96.7 cm³/mol. The zero-order valence-electron chi connectivity index (χ0n) is 14.2. The Morgan fingerprint density at radius 3 is 2.78 bits per heavy atom. The molecule has 0 atom stereocenters. The summed E-state index contributed by atoms with van der Waals surface area (Å²) in [5, 5.41) is 0.367. The summed E-state index contributed by atoms with van der Waals surface area (Å²) in [5.41, 5.74) is 8.13. The lowest BCUT2D eigenvalue weighted by molar-refractivity contribution is -0.0171. The summed E-state index contributed by atoms with van der Waals surface area (Å²) in [6, 6.07) is 8.28. The molecule has 0 aromatic heterocycles. The van der Waals surface area contributed by atoms with Gasteiger partial charge in [0.15, 0.2) is 23.5 Å². The third kappa shape index (κ3) is 4.58. The summed E-state index contributed by atoms with van der Waals surface area (Å²) in [5.74, 6) is 2.14. The van der Waals surface area contributed by atoms with Crippen molar-refractivity contribution in [2.45, 2.75) is 12.4 Å². The van der Waals surface area contributed by atoms with Crippen LogP contribution in [0.3, 0.4) is 0 Å². The molecule has 144 valence electrons. The number of ether oxygens (including phenoxy) is 4. The van der Waals surface area contributed by atoms with Crippen LogP contribution in [-0.4, -0.2) is 25.2 Å². The number of hydrogen-bond donors (Lipinski definition) is 1. The molecule has 0 saturated heterocycles. The second-order valence-electron chi connectivity index (χ2n) is 5.73. The van der Waals surface area contributed by atoms with Crippen LogP contribution in [0.2, 0.25) is 0 Å². The maximum absolute atomic E-state index is 13.8. The van der Waals surface area contributed by atoms with E-state index in [1.165, 1.54) is 23.9 Å². The van der Waals surface area contributed by atoms with Crippen LogP contribution in [0.4, 0.5) is 10.1 Å². The Kier molecular flexibility index (Phi) is 6.30. The molecule has 0 fully saturated rings. The molecule has 0 amide bonds. The van der Waals surface area contributed by atoms with E-state index < -0.39 is 0 Å². The van der Waals surface area contributed by atoms with E-state index in [2.05, 4.69) is 4.99 Å². The molecule has 2 heterocycles. The first-order chi connectivity index (χ1) is 12.7. The zero-order chi connectivity index (χ0) is 17.9. The molecule has 0 bridgehead atoms. The number of thioether (sulfide) groups is 1. The molecule has 9 heteroatoms. The Labute approximate surface area is 166 Å². The molecule has 4 rings (SSSR count). The number of amidine groups is 1. The number of rotatable bonds is 3. The SMILES string of the molecule is NC(=Nc1ccc2c(c1)OCCO2)SCc1cc(F)cc2c1OCOC2.[Cl-]. The summed E-state index contributed by atoms with van der Waals surface area (Å²) in [4.78, 5) is 4.38. The maximum atomic E-state index is 13.8. The second kappa shape index (κ2) is 8.69. The molecule has 27 heavy (non-hydrogen) atoms. The highest BCUT2D eigenvalue weighted by Gasteiger charge is 2.17. The Morgan fingerprint density at radius 2 is 1.93 bits per heavy atom. The van der Waals surface area contributed by atoms with Gasteiger partial charge < -0.3 is 37.1 Å². The summed E-state index contributed by atoms with van der Waals surface area (Å²) in [7, 11) is 0. The fourth-order valence-corrected chi connectivity index (χ4v) is 3.46. The minimum atomic E-state index is -0.323. The summed E-state index contributed by atoms with van der Waals surface area (Å²) < 4.78 is 35.5. The van der Waals surface area contributed by atoms with Gasteiger partial charge in [0.25, 0.3) is 0 Å². The molecular formula is C18H17ClFN2O4S-. The van der Waals surface area contributed by atoms with Crippen molar-refractivity contribution in [1.29, 1.82) is 0 Å². The first-order valence-corrected chi connectivity index (χ1v) is 9.06. The molecular weight excluding hydrogens is 395 g/mol. The average molecular weight is 412 g/mol. The topological polar surface area (TPSA) is 75.3 Å². The first kappa shape index (κ1) is 19.6. The molecule has 0 aliphatic carbocycles. The van der Waals surface area contributed by atoms with Gasteiger partial charge >= 0.3 is 0 Å². The van der Waals surface area contributed by atoms with Crippen LogP contribution >= 0.6 is 11.8 Å². The Hall–Kier alpha value is -2.16. The van der Waals surface area contributed by atoms with Crippen molar-refractivity contribution in [2.24, 2.45) is 10.7 Å². The van der Waals surface area contributed by atoms with E-state index in [1.807, 2.05) is 12.1 Å². The quantitative estimate of drug-likeness (QED) is 0.580. The van der Waals surface area contributed by atoms with Gasteiger partial charge in [-0.2, -0.15) is 0 Å². The summed E-state index contributed by atoms with van der Waals surface area (Å²) in [6.07, 6.45) is 0. The number of halogens is 2. The van der Waals surface area contributed by atoms with Crippen molar-refractivity contribution >= 4 is 22.6 Å². The Morgan fingerprint density at radius 1 is 1.11 bits per heavy atom. The lowest BCUT2D eigenvalue weighted by Crippen LogP contribution is -3.00. The summed E-state index contributed by atoms with van der Waals surface area (Å²) in [6.45, 7) is 1.56. The molecule has 2 N–H and O–H groups in total. The van der Waals surface area contributed by atoms with E-state index in [9.17, 15) is 4.39 Å². The number of benzene rings is 2. The van der Waals surface area contributed by atoms with Gasteiger partial charge in [0, 0.05) is 22.9 Å². The van der Waals surface area contributed by atoms with E-state index in [-0.39, 0.29) is 25.0 Å². The molecule has 2 aromatic carbocycles. The van der Waals surface area contributed by atoms with E-state index in [0.29, 0.717) is 59.2 Å². The van der Waals surface area contributed by atoms with Crippen molar-refractivity contribution < 1.29 is 35.7 Å². The number of fused-ring (bicyclic) bond motifs is 2. The monoisotopic (exact) mass is 411 g/mol. The van der Waals surface area contributed by atoms with Crippen molar-refractivity contribution in [2.75, 3.05) is 20.0 Å². The van der Waals surface area contributed by atoms with Crippen LogP contribution in [0.5, 0.6) is 17.2 Å². The molecule has 2 aliphatic rings. The Bertz CT molecular complexity index is 865. The smallest absolute Gasteiger partial charge is 0.189 e. The number of nitrogens with zero attached hydrogens (tertiary/aromatic N) is 1. The Balaban J connectivity index is 0.00000210. The lowest BCUT2D eigenvalue weighted by Gasteiger charge is -2.20. The zero-order valence-corrected chi connectivity index (χ0v) is 15.8. The molecule has 0 unspecified atom stereocenters. The van der Waals surface area contributed by atoms with Crippen LogP contribution in [0.1, 0.15) is 11.1 Å². The van der Waals surface area contributed by atoms with Crippen molar-refractivity contribution in [3.8, 4) is 17.2 Å². The van der Waals surface area contributed by atoms with Crippen LogP contribution in [0.15, 0.2) is 35.3 Å². The molecule has 2 aliphatic heterocycles. The minimum absolute atomic E-state index is 0. The van der Waals surface area contributed by atoms with Crippen LogP contribution in [-0.2, 0) is 17.1 Å². The first-order valence-electron chi connectivity index (χ1n) is 8.07. The van der Waals surface area contributed by atoms with Gasteiger partial charge in [0.2, 0.25) is 0 Å². The van der Waals surface area contributed by atoms with Crippen molar-refractivity contribution in [3.63, 3.8) is 0 Å². The van der Waals surface area contributed by atoms with Crippen molar-refractivity contribution in [1.82, 2.24) is 0 Å². The van der Waals surface area contributed by atoms with Crippen LogP contribution in [0, 0.1) is 5.82 Å². The standard InChI is InChI=1S/C18H17FN2O4S.ClH/c19-13-5-11-8-22-10-25-17(11)12(6-13)9-26-18(20)21-14-1-2-15-16(7-14)24-4-3-23-15;/h1-2,5-7H,3-4,8-10H2,(H2,20,21);1H/p-1. The molecule has 0 radical (unpaired) electrons. The molecule has 0 spiro atoms. The van der Waals surface area contributed by atoms with E-state index in [1.54, 1.807) is 6.07 Å². The average Bonchev–Trinajstić information content (AvgIpc) is 2.66. The molecule has 2 aromatic rings. The normalized spacial score (nSPS) is 15.4. The molecule has 0 saturated carbocycles. The number of nitrogens with two attached hydrogens (primary N) is 1. The van der Waals surface area contributed by atoms with Gasteiger partial charge in [-0.05, 0) is 24.3 Å². The molecule has 6 nitrogen and oxygen atoms in total. The third-order valence-corrected chi connectivity index (χ3v) is 4.73. The number of hydrogen-bond acceptors (Lipinski definition) is 6. The van der Waals surface area contributed by atoms with E-state index >= 15 is 0 Å². The highest BCUT2D eigenvalue weighted by molar-refractivity contribution is 8.13. The van der Waals surface area contributed by atoms with Gasteiger partial charge in [-0.15, -0.1) is 0 Å². The van der Waals surface area contributed by atoms with Gasteiger partial charge in [-0.3, -0.25) is 0 Å². The summed E-state index contributed by atoms with van der Waals surface area (Å²) >= 11 is 1.31. The van der Waals surface area contributed by atoms with Gasteiger partial charge in [0.05, 0.1) is 12.3 Å². The van der Waals surface area contributed by atoms with Crippen LogP contribution < -0.4 is 32.4 Å². The van der Waals surface area contributed by atoms with E-state index in [4.69, 9.17) is 24.7 Å². The fourth-order valence-electron chi connectivity index (χ4n) is 2.78. The van der Waals surface area contributed by atoms with Gasteiger partial charge in [-0.25, -0.2) is 9.38 Å². The largest absolute Gasteiger partial charge is 1.00 e. The number of aliphatic imine (C=N–C) groups is 1. The minimum Gasteiger partial charge on any atom is -1.00 e. The van der Waals surface area contributed by atoms with Crippen molar-refractivity contribution in [3.05, 3.63) is 47.3 Å². The predicted octanol–water partition coefficient (Wildman–Crippen LogP) is 0.347. The van der Waals surface area contributed by atoms with E-state index in [0.717, 1.165) is 5.56 Å².